The standard InChI is InChI=1S/C14H20BrNO/c1-10-6-7-11(12(15)13(10)17-2)14(16)8-4-3-5-9-14/h6-7H,3-5,8-9,16H2,1-2H3. The molecular formula is C14H20BrNO. The SMILES string of the molecule is COc1c(C)ccc(C2(N)CCCCC2)c1Br. The number of methoxy groups -OCH3 is 1. The zero-order valence-electron chi connectivity index (χ0n) is 10.6. The summed E-state index contributed by atoms with van der Waals surface area (Å²) in [7, 11) is 1.71. The summed E-state index contributed by atoms with van der Waals surface area (Å²) in [6, 6.07) is 4.25. The third kappa shape index (κ3) is 2.36. The lowest BCUT2D eigenvalue weighted by molar-refractivity contribution is 0.299. The first kappa shape index (κ1) is 12.9. The van der Waals surface area contributed by atoms with Crippen molar-refractivity contribution in [2.45, 2.75) is 44.6 Å². The molecule has 94 valence electrons. The van der Waals surface area contributed by atoms with E-state index in [-0.39, 0.29) is 5.54 Å². The van der Waals surface area contributed by atoms with Gasteiger partial charge in [-0.3, -0.25) is 0 Å². The summed E-state index contributed by atoms with van der Waals surface area (Å²) in [5.41, 5.74) is 8.72. The van der Waals surface area contributed by atoms with Crippen LogP contribution < -0.4 is 10.5 Å². The first-order valence-corrected chi connectivity index (χ1v) is 7.00. The number of benzene rings is 1. The van der Waals surface area contributed by atoms with E-state index in [0.717, 1.165) is 28.6 Å². The van der Waals surface area contributed by atoms with Gasteiger partial charge >= 0.3 is 0 Å². The van der Waals surface area contributed by atoms with Crippen molar-refractivity contribution >= 4 is 15.9 Å². The zero-order valence-corrected chi connectivity index (χ0v) is 12.1. The van der Waals surface area contributed by atoms with Crippen LogP contribution in [-0.2, 0) is 5.54 Å². The van der Waals surface area contributed by atoms with E-state index in [0.29, 0.717) is 0 Å². The zero-order chi connectivity index (χ0) is 12.5. The maximum absolute atomic E-state index is 6.57. The largest absolute Gasteiger partial charge is 0.495 e. The molecule has 0 amide bonds. The average Bonchev–Trinajstić information content (AvgIpc) is 2.30. The highest BCUT2D eigenvalue weighted by atomic mass is 79.9. The minimum absolute atomic E-state index is 0.182. The molecule has 1 saturated carbocycles. The first-order chi connectivity index (χ1) is 8.08. The van der Waals surface area contributed by atoms with Crippen LogP contribution in [0.2, 0.25) is 0 Å². The van der Waals surface area contributed by atoms with Crippen molar-refractivity contribution in [1.29, 1.82) is 0 Å². The van der Waals surface area contributed by atoms with Gasteiger partial charge in [0.1, 0.15) is 5.75 Å². The van der Waals surface area contributed by atoms with Gasteiger partial charge in [0.05, 0.1) is 11.6 Å². The van der Waals surface area contributed by atoms with Crippen molar-refractivity contribution in [3.05, 3.63) is 27.7 Å². The Morgan fingerprint density at radius 2 is 1.88 bits per heavy atom. The summed E-state index contributed by atoms with van der Waals surface area (Å²) in [4.78, 5) is 0. The fourth-order valence-corrected chi connectivity index (χ4v) is 3.74. The second kappa shape index (κ2) is 4.99. The van der Waals surface area contributed by atoms with Gasteiger partial charge in [-0.15, -0.1) is 0 Å². The minimum Gasteiger partial charge on any atom is -0.495 e. The molecule has 1 aliphatic rings. The third-order valence-corrected chi connectivity index (χ3v) is 4.57. The Kier molecular flexibility index (Phi) is 3.79. The minimum atomic E-state index is -0.182. The Morgan fingerprint density at radius 3 is 2.47 bits per heavy atom. The Bertz CT molecular complexity index is 411. The van der Waals surface area contributed by atoms with Crippen molar-refractivity contribution < 1.29 is 4.74 Å². The van der Waals surface area contributed by atoms with Crippen molar-refractivity contribution in [1.82, 2.24) is 0 Å². The van der Waals surface area contributed by atoms with Gasteiger partial charge in [0, 0.05) is 5.54 Å². The van der Waals surface area contributed by atoms with Crippen LogP contribution in [0.1, 0.15) is 43.2 Å². The molecule has 0 heterocycles. The summed E-state index contributed by atoms with van der Waals surface area (Å²) < 4.78 is 6.48. The Morgan fingerprint density at radius 1 is 1.24 bits per heavy atom. The number of ether oxygens (including phenoxy) is 1. The van der Waals surface area contributed by atoms with Crippen LogP contribution in [0.15, 0.2) is 16.6 Å². The molecule has 3 heteroatoms. The van der Waals surface area contributed by atoms with Gasteiger partial charge < -0.3 is 10.5 Å². The van der Waals surface area contributed by atoms with Crippen molar-refractivity contribution in [2.24, 2.45) is 5.73 Å². The molecule has 0 saturated heterocycles. The van der Waals surface area contributed by atoms with E-state index in [1.807, 2.05) is 0 Å². The van der Waals surface area contributed by atoms with Gasteiger partial charge in [0.25, 0.3) is 0 Å². The van der Waals surface area contributed by atoms with Crippen LogP contribution in [0.4, 0.5) is 0 Å². The molecule has 0 unspecified atom stereocenters. The molecule has 2 rings (SSSR count). The number of aryl methyl sites for hydroxylation is 1. The highest BCUT2D eigenvalue weighted by Gasteiger charge is 2.32. The molecular weight excluding hydrogens is 278 g/mol. The number of hydrogen-bond acceptors (Lipinski definition) is 2. The summed E-state index contributed by atoms with van der Waals surface area (Å²) in [5, 5.41) is 0. The summed E-state index contributed by atoms with van der Waals surface area (Å²) in [5.74, 6) is 0.915. The van der Waals surface area contributed by atoms with E-state index in [9.17, 15) is 0 Å². The van der Waals surface area contributed by atoms with Crippen LogP contribution in [0.25, 0.3) is 0 Å². The predicted molar refractivity (Wildman–Crippen MR) is 74.4 cm³/mol. The number of nitrogens with two attached hydrogens (primary N) is 1. The van der Waals surface area contributed by atoms with Crippen molar-refractivity contribution in [3.63, 3.8) is 0 Å². The lowest BCUT2D eigenvalue weighted by Gasteiger charge is -2.35. The molecule has 2 N–H and O–H groups in total. The summed E-state index contributed by atoms with van der Waals surface area (Å²) in [6.07, 6.45) is 5.88. The maximum atomic E-state index is 6.57. The molecule has 0 aromatic heterocycles. The average molecular weight is 298 g/mol. The second-order valence-electron chi connectivity index (χ2n) is 4.99. The van der Waals surface area contributed by atoms with Gasteiger partial charge in [-0.05, 0) is 46.8 Å². The van der Waals surface area contributed by atoms with E-state index in [2.05, 4.69) is 35.0 Å². The summed E-state index contributed by atoms with van der Waals surface area (Å²) >= 11 is 3.66. The molecule has 1 fully saturated rings. The lowest BCUT2D eigenvalue weighted by Crippen LogP contribution is -2.39. The topological polar surface area (TPSA) is 35.2 Å². The monoisotopic (exact) mass is 297 g/mol. The van der Waals surface area contributed by atoms with E-state index in [1.54, 1.807) is 7.11 Å². The Labute approximate surface area is 112 Å². The molecule has 0 aliphatic heterocycles. The van der Waals surface area contributed by atoms with Crippen LogP contribution in [0.3, 0.4) is 0 Å². The molecule has 0 radical (unpaired) electrons. The summed E-state index contributed by atoms with van der Waals surface area (Å²) in [6.45, 7) is 2.05. The van der Waals surface area contributed by atoms with Crippen molar-refractivity contribution in [2.75, 3.05) is 7.11 Å². The molecule has 1 aliphatic carbocycles. The molecule has 2 nitrogen and oxygen atoms in total. The number of hydrogen-bond donors (Lipinski definition) is 1. The first-order valence-electron chi connectivity index (χ1n) is 6.21. The molecule has 1 aromatic carbocycles. The Hall–Kier alpha value is -0.540. The van der Waals surface area contributed by atoms with Gasteiger partial charge in [-0.1, -0.05) is 31.4 Å². The smallest absolute Gasteiger partial charge is 0.136 e. The van der Waals surface area contributed by atoms with Crippen LogP contribution in [0, 0.1) is 6.92 Å². The molecule has 17 heavy (non-hydrogen) atoms. The normalized spacial score (nSPS) is 19.1. The van der Waals surface area contributed by atoms with Crippen LogP contribution in [0.5, 0.6) is 5.75 Å². The van der Waals surface area contributed by atoms with E-state index in [1.165, 1.54) is 24.8 Å². The number of rotatable bonds is 2. The van der Waals surface area contributed by atoms with Gasteiger partial charge in [-0.25, -0.2) is 0 Å². The van der Waals surface area contributed by atoms with E-state index >= 15 is 0 Å². The fourth-order valence-electron chi connectivity index (χ4n) is 2.74. The van der Waals surface area contributed by atoms with Gasteiger partial charge in [0.15, 0.2) is 0 Å². The van der Waals surface area contributed by atoms with Crippen LogP contribution in [-0.4, -0.2) is 7.11 Å². The van der Waals surface area contributed by atoms with Crippen molar-refractivity contribution in [3.8, 4) is 5.75 Å². The van der Waals surface area contributed by atoms with Crippen LogP contribution >= 0.6 is 15.9 Å². The number of halogens is 1. The van der Waals surface area contributed by atoms with Gasteiger partial charge in [-0.2, -0.15) is 0 Å². The molecule has 0 spiro atoms. The quantitative estimate of drug-likeness (QED) is 0.899. The molecule has 0 atom stereocenters. The van der Waals surface area contributed by atoms with E-state index in [4.69, 9.17) is 10.5 Å². The maximum Gasteiger partial charge on any atom is 0.136 e. The Balaban J connectivity index is 2.44. The van der Waals surface area contributed by atoms with Gasteiger partial charge in [0.2, 0.25) is 0 Å². The highest BCUT2D eigenvalue weighted by molar-refractivity contribution is 9.10. The van der Waals surface area contributed by atoms with E-state index < -0.39 is 0 Å². The lowest BCUT2D eigenvalue weighted by atomic mass is 9.77. The fraction of sp³-hybridized carbons (Fsp3) is 0.571. The molecule has 0 bridgehead atoms. The second-order valence-corrected chi connectivity index (χ2v) is 5.79. The predicted octanol–water partition coefficient (Wildman–Crippen LogP) is 3.88. The molecule has 1 aromatic rings. The third-order valence-electron chi connectivity index (χ3n) is 3.78. The highest BCUT2D eigenvalue weighted by Crippen LogP contribution is 2.42.